The molecule has 1 aliphatic rings. The average molecular weight is 294 g/mol. The maximum Gasteiger partial charge on any atom is 0.327 e. The number of carbonyl (C=O) groups is 4. The third-order valence-corrected chi connectivity index (χ3v) is 2.59. The zero-order valence-electron chi connectivity index (χ0n) is 11.1. The fraction of sp³-hybridized carbons (Fsp3) is 0.250. The number of likely N-dealkylation sites (tertiary alicyclic amines) is 1. The number of carbonyl (C=O) groups excluding carboxylic acids is 3. The maximum absolute atomic E-state index is 10.5. The van der Waals surface area contributed by atoms with Gasteiger partial charge in [0.25, 0.3) is 0 Å². The van der Waals surface area contributed by atoms with Crippen LogP contribution in [0.15, 0.2) is 18.3 Å². The van der Waals surface area contributed by atoms with Gasteiger partial charge < -0.3 is 16.2 Å². The average Bonchev–Trinajstić information content (AvgIpc) is 2.36. The molecule has 2 rings (SSSR count). The van der Waals surface area contributed by atoms with Crippen molar-refractivity contribution in [3.05, 3.63) is 23.9 Å². The van der Waals surface area contributed by atoms with E-state index < -0.39 is 23.9 Å². The summed E-state index contributed by atoms with van der Waals surface area (Å²) in [6.45, 7) is 1.94. The summed E-state index contributed by atoms with van der Waals surface area (Å²) in [5.74, 6) is -1.15. The van der Waals surface area contributed by atoms with Crippen LogP contribution in [0.4, 0.5) is 10.6 Å². The molecule has 4 N–H and O–H groups in total. The molecule has 1 aliphatic heterocycles. The number of amides is 4. The number of imide groups is 1. The van der Waals surface area contributed by atoms with E-state index in [0.29, 0.717) is 17.1 Å². The van der Waals surface area contributed by atoms with Crippen LogP contribution in [0.1, 0.15) is 12.0 Å². The van der Waals surface area contributed by atoms with Gasteiger partial charge in [-0.15, -0.1) is 0 Å². The number of aliphatic carboxylic acids is 1. The SMILES string of the molecule is Cc1ccnc(NC=O)c1.NC(=O)N1C(=O)CC1C(=O)O. The van der Waals surface area contributed by atoms with Crippen LogP contribution in [-0.2, 0) is 14.4 Å². The van der Waals surface area contributed by atoms with Gasteiger partial charge >= 0.3 is 12.0 Å². The second-order valence-electron chi connectivity index (χ2n) is 4.14. The number of hydrogen-bond acceptors (Lipinski definition) is 5. The van der Waals surface area contributed by atoms with Crippen LogP contribution < -0.4 is 11.1 Å². The Morgan fingerprint density at radius 3 is 2.62 bits per heavy atom. The Balaban J connectivity index is 0.000000211. The van der Waals surface area contributed by atoms with Gasteiger partial charge in [0, 0.05) is 6.20 Å². The molecule has 0 saturated carbocycles. The highest BCUT2D eigenvalue weighted by Crippen LogP contribution is 2.18. The van der Waals surface area contributed by atoms with E-state index in [9.17, 15) is 19.2 Å². The summed E-state index contributed by atoms with van der Waals surface area (Å²) in [5.41, 5.74) is 5.80. The fourth-order valence-electron chi connectivity index (χ4n) is 1.57. The molecule has 2 heterocycles. The Morgan fingerprint density at radius 2 is 2.24 bits per heavy atom. The smallest absolute Gasteiger partial charge is 0.327 e. The fourth-order valence-corrected chi connectivity index (χ4v) is 1.57. The number of urea groups is 1. The molecule has 1 saturated heterocycles. The lowest BCUT2D eigenvalue weighted by atomic mass is 10.0. The number of aromatic nitrogens is 1. The molecule has 112 valence electrons. The van der Waals surface area contributed by atoms with E-state index in [1.54, 1.807) is 12.3 Å². The highest BCUT2D eigenvalue weighted by molar-refractivity contribution is 6.05. The summed E-state index contributed by atoms with van der Waals surface area (Å²) >= 11 is 0. The lowest BCUT2D eigenvalue weighted by Gasteiger charge is -2.33. The minimum absolute atomic E-state index is 0.141. The van der Waals surface area contributed by atoms with Crippen molar-refractivity contribution >= 4 is 30.1 Å². The van der Waals surface area contributed by atoms with Gasteiger partial charge in [0.05, 0.1) is 6.42 Å². The van der Waals surface area contributed by atoms with E-state index in [0.717, 1.165) is 5.56 Å². The molecular formula is C12H14N4O5. The Kier molecular flexibility index (Phi) is 5.35. The second kappa shape index (κ2) is 6.98. The molecule has 1 aromatic rings. The first kappa shape index (κ1) is 16.1. The first-order valence-electron chi connectivity index (χ1n) is 5.84. The number of carboxylic acid groups (broad SMARTS) is 1. The lowest BCUT2D eigenvalue weighted by Crippen LogP contribution is -2.60. The Labute approximate surface area is 119 Å². The molecule has 1 fully saturated rings. The summed E-state index contributed by atoms with van der Waals surface area (Å²) < 4.78 is 0. The van der Waals surface area contributed by atoms with Gasteiger partial charge in [0.1, 0.15) is 11.9 Å². The van der Waals surface area contributed by atoms with Crippen molar-refractivity contribution in [1.29, 1.82) is 0 Å². The molecule has 9 heteroatoms. The van der Waals surface area contributed by atoms with Crippen LogP contribution in [0.3, 0.4) is 0 Å². The predicted molar refractivity (Wildman–Crippen MR) is 71.1 cm³/mol. The van der Waals surface area contributed by atoms with E-state index in [1.807, 2.05) is 13.0 Å². The molecule has 21 heavy (non-hydrogen) atoms. The van der Waals surface area contributed by atoms with Crippen molar-refractivity contribution < 1.29 is 24.3 Å². The highest BCUT2D eigenvalue weighted by atomic mass is 16.4. The van der Waals surface area contributed by atoms with E-state index in [-0.39, 0.29) is 6.42 Å². The van der Waals surface area contributed by atoms with E-state index >= 15 is 0 Å². The number of aryl methyl sites for hydroxylation is 1. The zero-order valence-corrected chi connectivity index (χ0v) is 11.1. The molecule has 0 aromatic carbocycles. The van der Waals surface area contributed by atoms with Gasteiger partial charge in [-0.2, -0.15) is 0 Å². The van der Waals surface area contributed by atoms with Crippen LogP contribution in [0.25, 0.3) is 0 Å². The molecule has 0 radical (unpaired) electrons. The van der Waals surface area contributed by atoms with Crippen LogP contribution in [-0.4, -0.2) is 45.3 Å². The van der Waals surface area contributed by atoms with Crippen molar-refractivity contribution in [2.24, 2.45) is 5.73 Å². The molecule has 1 atom stereocenters. The minimum Gasteiger partial charge on any atom is -0.480 e. The lowest BCUT2D eigenvalue weighted by molar-refractivity contribution is -0.157. The van der Waals surface area contributed by atoms with Crippen LogP contribution in [0.5, 0.6) is 0 Å². The van der Waals surface area contributed by atoms with Crippen molar-refractivity contribution in [1.82, 2.24) is 9.88 Å². The molecule has 0 aliphatic carbocycles. The van der Waals surface area contributed by atoms with Gasteiger partial charge in [-0.25, -0.2) is 19.5 Å². The van der Waals surface area contributed by atoms with Gasteiger partial charge in [-0.1, -0.05) is 0 Å². The monoisotopic (exact) mass is 294 g/mol. The van der Waals surface area contributed by atoms with Crippen LogP contribution >= 0.6 is 0 Å². The van der Waals surface area contributed by atoms with Crippen LogP contribution in [0.2, 0.25) is 0 Å². The van der Waals surface area contributed by atoms with E-state index in [4.69, 9.17) is 10.8 Å². The molecule has 0 bridgehead atoms. The van der Waals surface area contributed by atoms with E-state index in [2.05, 4.69) is 10.3 Å². The summed E-state index contributed by atoms with van der Waals surface area (Å²) in [7, 11) is 0. The summed E-state index contributed by atoms with van der Waals surface area (Å²) in [6.07, 6.45) is 2.13. The second-order valence-corrected chi connectivity index (χ2v) is 4.14. The number of nitrogens with one attached hydrogen (secondary N) is 1. The highest BCUT2D eigenvalue weighted by Gasteiger charge is 2.44. The zero-order chi connectivity index (χ0) is 16.0. The topological polar surface area (TPSA) is 143 Å². The van der Waals surface area contributed by atoms with E-state index in [1.165, 1.54) is 0 Å². The Hall–Kier alpha value is -2.97. The molecular weight excluding hydrogens is 280 g/mol. The van der Waals surface area contributed by atoms with Crippen molar-refractivity contribution in [3.63, 3.8) is 0 Å². The number of nitrogens with zero attached hydrogens (tertiary/aromatic N) is 2. The largest absolute Gasteiger partial charge is 0.480 e. The number of β-lactam (4-membered cyclic amide) rings is 1. The molecule has 0 spiro atoms. The molecule has 9 nitrogen and oxygen atoms in total. The number of hydrogen-bond donors (Lipinski definition) is 3. The number of anilines is 1. The Bertz CT molecular complexity index is 567. The first-order chi connectivity index (χ1) is 9.86. The minimum atomic E-state index is -1.21. The number of nitrogens with two attached hydrogens (primary N) is 1. The number of carboxylic acids is 1. The van der Waals surface area contributed by atoms with Crippen LogP contribution in [0, 0.1) is 6.92 Å². The third-order valence-electron chi connectivity index (χ3n) is 2.59. The van der Waals surface area contributed by atoms with Gasteiger partial charge in [0.2, 0.25) is 12.3 Å². The third kappa shape index (κ3) is 4.27. The Morgan fingerprint density at radius 1 is 1.57 bits per heavy atom. The molecule has 1 aromatic heterocycles. The van der Waals surface area contributed by atoms with Crippen molar-refractivity contribution in [2.75, 3.05) is 5.32 Å². The normalized spacial score (nSPS) is 16.1. The van der Waals surface area contributed by atoms with Gasteiger partial charge in [0.15, 0.2) is 0 Å². The summed E-state index contributed by atoms with van der Waals surface area (Å²) in [4.78, 5) is 45.5. The number of pyridine rings is 1. The standard InChI is InChI=1S/C7H8N2O.C5H6N2O4/c1-6-2-3-8-7(4-6)9-5-10;6-5(11)7-2(4(9)10)1-3(7)8/h2-5H,1H3,(H,8,9,10);2H,1H2,(H2,6,11)(H,9,10). The van der Waals surface area contributed by atoms with Gasteiger partial charge in [-0.3, -0.25) is 9.59 Å². The molecule has 1 unspecified atom stereocenters. The number of rotatable bonds is 3. The predicted octanol–water partition coefficient (Wildman–Crippen LogP) is -0.291. The van der Waals surface area contributed by atoms with Crippen molar-refractivity contribution in [2.45, 2.75) is 19.4 Å². The summed E-state index contributed by atoms with van der Waals surface area (Å²) in [6, 6.07) is 1.61. The molecule has 4 amide bonds. The number of primary amides is 1. The van der Waals surface area contributed by atoms with Gasteiger partial charge in [-0.05, 0) is 24.6 Å². The quantitative estimate of drug-likeness (QED) is 0.516. The first-order valence-corrected chi connectivity index (χ1v) is 5.84. The van der Waals surface area contributed by atoms with Crippen molar-refractivity contribution in [3.8, 4) is 0 Å². The summed E-state index contributed by atoms with van der Waals surface area (Å²) in [5, 5.41) is 10.8. The maximum atomic E-state index is 10.5.